The van der Waals surface area contributed by atoms with Crippen LogP contribution in [0.4, 0.5) is 0 Å². The summed E-state index contributed by atoms with van der Waals surface area (Å²) in [6.45, 7) is 9.85. The quantitative estimate of drug-likeness (QED) is 0.925. The fourth-order valence-electron chi connectivity index (χ4n) is 1.61. The van der Waals surface area contributed by atoms with E-state index in [1.165, 1.54) is 0 Å². The van der Waals surface area contributed by atoms with Crippen molar-refractivity contribution in [2.75, 3.05) is 6.54 Å². The summed E-state index contributed by atoms with van der Waals surface area (Å²) in [5.74, 6) is 0. The second-order valence-electron chi connectivity index (χ2n) is 5.00. The van der Waals surface area contributed by atoms with Gasteiger partial charge in [-0.3, -0.25) is 0 Å². The third-order valence-corrected chi connectivity index (χ3v) is 3.30. The van der Waals surface area contributed by atoms with Crippen molar-refractivity contribution in [1.29, 1.82) is 0 Å². The summed E-state index contributed by atoms with van der Waals surface area (Å²) < 4.78 is 0.988. The topological polar surface area (TPSA) is 37.8 Å². The summed E-state index contributed by atoms with van der Waals surface area (Å²) in [5.41, 5.74) is 1.29. The van der Waals surface area contributed by atoms with Crippen molar-refractivity contribution in [3.63, 3.8) is 0 Å². The second kappa shape index (κ2) is 5.73. The average Bonchev–Trinajstić information content (AvgIpc) is 2.19. The van der Waals surface area contributed by atoms with E-state index in [-0.39, 0.29) is 5.41 Å². The SMILES string of the molecule is CCNC(Cc1ncncc1Br)C(C)(C)C. The molecule has 0 bridgehead atoms. The van der Waals surface area contributed by atoms with Crippen LogP contribution in [0.2, 0.25) is 0 Å². The minimum absolute atomic E-state index is 0.223. The molecule has 0 aliphatic carbocycles. The van der Waals surface area contributed by atoms with E-state index in [2.05, 4.69) is 58.9 Å². The molecule has 1 rings (SSSR count). The van der Waals surface area contributed by atoms with Crippen LogP contribution in [0.25, 0.3) is 0 Å². The third kappa shape index (κ3) is 3.83. The Bertz CT molecular complexity index is 333. The average molecular weight is 286 g/mol. The van der Waals surface area contributed by atoms with Crippen molar-refractivity contribution >= 4 is 15.9 Å². The Morgan fingerprint density at radius 1 is 1.44 bits per heavy atom. The zero-order valence-corrected chi connectivity index (χ0v) is 12.0. The van der Waals surface area contributed by atoms with Crippen LogP contribution in [0, 0.1) is 5.41 Å². The van der Waals surface area contributed by atoms with Gasteiger partial charge in [-0.15, -0.1) is 0 Å². The Hall–Kier alpha value is -0.480. The predicted octanol–water partition coefficient (Wildman–Crippen LogP) is 2.81. The lowest BCUT2D eigenvalue weighted by Gasteiger charge is -2.31. The van der Waals surface area contributed by atoms with Gasteiger partial charge in [-0.25, -0.2) is 9.97 Å². The Kier molecular flexibility index (Phi) is 4.87. The van der Waals surface area contributed by atoms with Gasteiger partial charge < -0.3 is 5.32 Å². The molecule has 1 aromatic rings. The Morgan fingerprint density at radius 2 is 2.12 bits per heavy atom. The largest absolute Gasteiger partial charge is 0.313 e. The van der Waals surface area contributed by atoms with Gasteiger partial charge in [0, 0.05) is 18.7 Å². The van der Waals surface area contributed by atoms with E-state index in [0.29, 0.717) is 6.04 Å². The molecule has 1 aromatic heterocycles. The van der Waals surface area contributed by atoms with Crippen LogP contribution in [0.3, 0.4) is 0 Å². The fraction of sp³-hybridized carbons (Fsp3) is 0.667. The first-order valence-electron chi connectivity index (χ1n) is 5.63. The highest BCUT2D eigenvalue weighted by molar-refractivity contribution is 9.10. The van der Waals surface area contributed by atoms with Crippen molar-refractivity contribution in [3.8, 4) is 0 Å². The van der Waals surface area contributed by atoms with Crippen LogP contribution in [0.15, 0.2) is 17.0 Å². The van der Waals surface area contributed by atoms with E-state index in [1.54, 1.807) is 12.5 Å². The Labute approximate surface area is 106 Å². The first kappa shape index (κ1) is 13.6. The summed E-state index contributed by atoms with van der Waals surface area (Å²) in [4.78, 5) is 8.30. The maximum Gasteiger partial charge on any atom is 0.115 e. The molecule has 0 aliphatic heterocycles. The number of nitrogens with one attached hydrogen (secondary N) is 1. The van der Waals surface area contributed by atoms with Gasteiger partial charge in [-0.05, 0) is 27.9 Å². The maximum atomic E-state index is 4.32. The first-order chi connectivity index (χ1) is 7.45. The van der Waals surface area contributed by atoms with Gasteiger partial charge >= 0.3 is 0 Å². The highest BCUT2D eigenvalue weighted by Crippen LogP contribution is 2.24. The molecule has 3 nitrogen and oxygen atoms in total. The summed E-state index contributed by atoms with van der Waals surface area (Å²) in [6.07, 6.45) is 4.32. The van der Waals surface area contributed by atoms with E-state index < -0.39 is 0 Å². The molecule has 1 unspecified atom stereocenters. The minimum atomic E-state index is 0.223. The van der Waals surface area contributed by atoms with Crippen LogP contribution in [0.5, 0.6) is 0 Å². The molecule has 0 aromatic carbocycles. The van der Waals surface area contributed by atoms with Crippen LogP contribution < -0.4 is 5.32 Å². The van der Waals surface area contributed by atoms with Gasteiger partial charge in [0.1, 0.15) is 6.33 Å². The standard InChI is InChI=1S/C12H20BrN3/c1-5-15-11(12(2,3)4)6-10-9(13)7-14-8-16-10/h7-8,11,15H,5-6H2,1-4H3. The van der Waals surface area contributed by atoms with Gasteiger partial charge in [0.05, 0.1) is 10.2 Å². The molecule has 0 fully saturated rings. The molecule has 0 saturated carbocycles. The lowest BCUT2D eigenvalue weighted by molar-refractivity contribution is 0.268. The molecule has 4 heteroatoms. The number of rotatable bonds is 4. The summed E-state index contributed by atoms with van der Waals surface area (Å²) in [5, 5.41) is 3.52. The van der Waals surface area contributed by atoms with E-state index in [0.717, 1.165) is 23.1 Å². The monoisotopic (exact) mass is 285 g/mol. The minimum Gasteiger partial charge on any atom is -0.313 e. The van der Waals surface area contributed by atoms with Crippen molar-refractivity contribution in [2.45, 2.75) is 40.2 Å². The van der Waals surface area contributed by atoms with Crippen molar-refractivity contribution < 1.29 is 0 Å². The van der Waals surface area contributed by atoms with E-state index in [4.69, 9.17) is 0 Å². The molecule has 90 valence electrons. The van der Waals surface area contributed by atoms with Crippen LogP contribution in [0.1, 0.15) is 33.4 Å². The molecular formula is C12H20BrN3. The van der Waals surface area contributed by atoms with Gasteiger partial charge in [-0.1, -0.05) is 27.7 Å². The molecular weight excluding hydrogens is 266 g/mol. The number of likely N-dealkylation sites (N-methyl/N-ethyl adjacent to an activating group) is 1. The van der Waals surface area contributed by atoms with Crippen molar-refractivity contribution in [3.05, 3.63) is 22.7 Å². The first-order valence-corrected chi connectivity index (χ1v) is 6.42. The number of hydrogen-bond donors (Lipinski definition) is 1. The smallest absolute Gasteiger partial charge is 0.115 e. The molecule has 0 saturated heterocycles. The third-order valence-electron chi connectivity index (χ3n) is 2.64. The predicted molar refractivity (Wildman–Crippen MR) is 70.4 cm³/mol. The molecule has 1 N–H and O–H groups in total. The molecule has 0 aliphatic rings. The lowest BCUT2D eigenvalue weighted by Crippen LogP contribution is -2.42. The van der Waals surface area contributed by atoms with Crippen molar-refractivity contribution in [2.24, 2.45) is 5.41 Å². The van der Waals surface area contributed by atoms with Gasteiger partial charge in [0.25, 0.3) is 0 Å². The molecule has 1 heterocycles. The maximum absolute atomic E-state index is 4.32. The van der Waals surface area contributed by atoms with Gasteiger partial charge in [0.15, 0.2) is 0 Å². The lowest BCUT2D eigenvalue weighted by atomic mass is 9.84. The zero-order chi connectivity index (χ0) is 12.2. The van der Waals surface area contributed by atoms with Gasteiger partial charge in [-0.2, -0.15) is 0 Å². The number of nitrogens with zero attached hydrogens (tertiary/aromatic N) is 2. The normalized spacial score (nSPS) is 13.8. The number of halogens is 1. The number of hydrogen-bond acceptors (Lipinski definition) is 3. The molecule has 0 spiro atoms. The fourth-order valence-corrected chi connectivity index (χ4v) is 1.99. The second-order valence-corrected chi connectivity index (χ2v) is 5.85. The van der Waals surface area contributed by atoms with Crippen LogP contribution in [-0.4, -0.2) is 22.6 Å². The van der Waals surface area contributed by atoms with Crippen LogP contribution >= 0.6 is 15.9 Å². The van der Waals surface area contributed by atoms with Gasteiger partial charge in [0.2, 0.25) is 0 Å². The summed E-state index contributed by atoms with van der Waals surface area (Å²) in [7, 11) is 0. The molecule has 0 radical (unpaired) electrons. The summed E-state index contributed by atoms with van der Waals surface area (Å²) in [6, 6.07) is 0.420. The number of aromatic nitrogens is 2. The van der Waals surface area contributed by atoms with Crippen molar-refractivity contribution in [1.82, 2.24) is 15.3 Å². The highest BCUT2D eigenvalue weighted by atomic mass is 79.9. The zero-order valence-electron chi connectivity index (χ0n) is 10.4. The molecule has 0 amide bonds. The van der Waals surface area contributed by atoms with E-state index in [1.807, 2.05) is 0 Å². The summed E-state index contributed by atoms with van der Waals surface area (Å²) >= 11 is 3.49. The molecule has 1 atom stereocenters. The van der Waals surface area contributed by atoms with Crippen LogP contribution in [-0.2, 0) is 6.42 Å². The molecule has 16 heavy (non-hydrogen) atoms. The Balaban J connectivity index is 2.80. The van der Waals surface area contributed by atoms with E-state index >= 15 is 0 Å². The Morgan fingerprint density at radius 3 is 2.62 bits per heavy atom. The van der Waals surface area contributed by atoms with E-state index in [9.17, 15) is 0 Å². The highest BCUT2D eigenvalue weighted by Gasteiger charge is 2.24.